The Hall–Kier alpha value is -3.42. The summed E-state index contributed by atoms with van der Waals surface area (Å²) in [6.07, 6.45) is 1.65. The minimum absolute atomic E-state index is 0.0604. The van der Waals surface area contributed by atoms with Crippen molar-refractivity contribution in [3.8, 4) is 11.5 Å². The summed E-state index contributed by atoms with van der Waals surface area (Å²) in [7, 11) is 1.65. The van der Waals surface area contributed by atoms with Gasteiger partial charge in [0.1, 0.15) is 5.69 Å². The fraction of sp³-hybridized carbons (Fsp3) is 0.333. The first-order valence-electron chi connectivity index (χ1n) is 9.46. The number of rotatable bonds is 5. The molecular formula is C21H26N6O2. The summed E-state index contributed by atoms with van der Waals surface area (Å²) in [5.74, 6) is 0.485. The van der Waals surface area contributed by atoms with Gasteiger partial charge in [0.25, 0.3) is 0 Å². The summed E-state index contributed by atoms with van der Waals surface area (Å²) >= 11 is 0. The molecule has 0 saturated heterocycles. The largest absolute Gasteiger partial charge is 0.346 e. The van der Waals surface area contributed by atoms with Gasteiger partial charge in [0.2, 0.25) is 0 Å². The van der Waals surface area contributed by atoms with E-state index in [1.165, 1.54) is 14.8 Å². The van der Waals surface area contributed by atoms with Crippen LogP contribution in [0.1, 0.15) is 26.3 Å². The molecule has 2 amide bonds. The molecule has 1 aromatic carbocycles. The molecule has 0 aliphatic heterocycles. The van der Waals surface area contributed by atoms with Crippen LogP contribution in [0.25, 0.3) is 11.5 Å². The molecular weight excluding hydrogens is 368 g/mol. The zero-order valence-corrected chi connectivity index (χ0v) is 17.1. The van der Waals surface area contributed by atoms with E-state index in [1.807, 2.05) is 30.3 Å². The van der Waals surface area contributed by atoms with Gasteiger partial charge in [-0.05, 0) is 35.2 Å². The van der Waals surface area contributed by atoms with Crippen LogP contribution in [0, 0.1) is 0 Å². The number of aromatic nitrogens is 4. The molecule has 2 aromatic heterocycles. The Morgan fingerprint density at radius 1 is 1.10 bits per heavy atom. The van der Waals surface area contributed by atoms with Gasteiger partial charge in [0.05, 0.1) is 6.54 Å². The molecule has 0 fully saturated rings. The van der Waals surface area contributed by atoms with Gasteiger partial charge in [0.15, 0.2) is 5.82 Å². The van der Waals surface area contributed by atoms with Crippen LogP contribution in [0.2, 0.25) is 0 Å². The lowest BCUT2D eigenvalue weighted by Gasteiger charge is -2.19. The first kappa shape index (κ1) is 20.3. The minimum atomic E-state index is -0.331. The average Bonchev–Trinajstić information content (AvgIpc) is 2.97. The number of hydrogen-bond donors (Lipinski definition) is 2. The summed E-state index contributed by atoms with van der Waals surface area (Å²) in [5.41, 5.74) is 2.33. The number of carbonyl (C=O) groups excluding carboxylic acids is 1. The van der Waals surface area contributed by atoms with E-state index < -0.39 is 0 Å². The molecule has 0 aliphatic carbocycles. The average molecular weight is 394 g/mol. The van der Waals surface area contributed by atoms with E-state index in [0.717, 1.165) is 0 Å². The lowest BCUT2D eigenvalue weighted by molar-refractivity contribution is 0.251. The zero-order chi connectivity index (χ0) is 21.0. The molecule has 0 radical (unpaired) electrons. The molecule has 0 saturated carbocycles. The number of pyridine rings is 1. The summed E-state index contributed by atoms with van der Waals surface area (Å²) in [4.78, 5) is 28.7. The Kier molecular flexibility index (Phi) is 5.81. The van der Waals surface area contributed by atoms with Gasteiger partial charge in [-0.3, -0.25) is 9.55 Å². The normalized spacial score (nSPS) is 11.3. The highest BCUT2D eigenvalue weighted by Gasteiger charge is 2.14. The number of amides is 2. The van der Waals surface area contributed by atoms with Crippen molar-refractivity contribution in [3.63, 3.8) is 0 Å². The molecule has 29 heavy (non-hydrogen) atoms. The van der Waals surface area contributed by atoms with Gasteiger partial charge in [-0.1, -0.05) is 39.0 Å². The second-order valence-electron chi connectivity index (χ2n) is 7.81. The van der Waals surface area contributed by atoms with Crippen molar-refractivity contribution in [2.45, 2.75) is 32.7 Å². The Bertz CT molecular complexity index is 1030. The van der Waals surface area contributed by atoms with E-state index in [4.69, 9.17) is 0 Å². The molecule has 152 valence electrons. The molecule has 0 aliphatic rings. The zero-order valence-electron chi connectivity index (χ0n) is 17.1. The molecule has 0 unspecified atom stereocenters. The molecule has 3 aromatic rings. The van der Waals surface area contributed by atoms with Crippen molar-refractivity contribution >= 4 is 11.7 Å². The van der Waals surface area contributed by atoms with Crippen molar-refractivity contribution < 1.29 is 4.79 Å². The minimum Gasteiger partial charge on any atom is -0.336 e. The smallest absolute Gasteiger partial charge is 0.336 e. The number of benzene rings is 1. The first-order valence-corrected chi connectivity index (χ1v) is 9.46. The van der Waals surface area contributed by atoms with Gasteiger partial charge in [0, 0.05) is 25.5 Å². The van der Waals surface area contributed by atoms with Gasteiger partial charge in [-0.15, -0.1) is 5.10 Å². The molecule has 8 nitrogen and oxygen atoms in total. The van der Waals surface area contributed by atoms with Crippen LogP contribution in [0.15, 0.2) is 53.5 Å². The van der Waals surface area contributed by atoms with Gasteiger partial charge < -0.3 is 10.6 Å². The Labute approximate surface area is 169 Å². The lowest BCUT2D eigenvalue weighted by Crippen LogP contribution is -2.34. The maximum atomic E-state index is 12.3. The van der Waals surface area contributed by atoms with E-state index in [-0.39, 0.29) is 30.2 Å². The number of carbonyl (C=O) groups is 1. The number of nitrogens with one attached hydrogen (secondary N) is 2. The molecule has 3 rings (SSSR count). The fourth-order valence-corrected chi connectivity index (χ4v) is 2.86. The second kappa shape index (κ2) is 8.30. The monoisotopic (exact) mass is 394 g/mol. The topological polar surface area (TPSA) is 93.8 Å². The SMILES string of the molecule is Cn1c(-c2ccccn2)nn(CCNC(=O)Nc2ccc(C(C)(C)C)cc2)c1=O. The Morgan fingerprint density at radius 3 is 2.45 bits per heavy atom. The van der Waals surface area contributed by atoms with Crippen LogP contribution >= 0.6 is 0 Å². The second-order valence-corrected chi connectivity index (χ2v) is 7.81. The highest BCUT2D eigenvalue weighted by Crippen LogP contribution is 2.23. The maximum Gasteiger partial charge on any atom is 0.346 e. The molecule has 0 spiro atoms. The van der Waals surface area contributed by atoms with Crippen LogP contribution in [0.4, 0.5) is 10.5 Å². The highest BCUT2D eigenvalue weighted by atomic mass is 16.2. The van der Waals surface area contributed by atoms with Crippen LogP contribution in [0.3, 0.4) is 0 Å². The molecule has 2 heterocycles. The quantitative estimate of drug-likeness (QED) is 0.696. The third kappa shape index (κ3) is 4.90. The number of nitrogens with zero attached hydrogens (tertiary/aromatic N) is 4. The summed E-state index contributed by atoms with van der Waals surface area (Å²) in [5, 5.41) is 9.86. The molecule has 2 N–H and O–H groups in total. The predicted molar refractivity (Wildman–Crippen MR) is 113 cm³/mol. The van der Waals surface area contributed by atoms with Crippen LogP contribution in [-0.4, -0.2) is 31.9 Å². The van der Waals surface area contributed by atoms with E-state index in [2.05, 4.69) is 41.5 Å². The molecule has 0 bridgehead atoms. The van der Waals surface area contributed by atoms with Crippen molar-refractivity contribution in [2.24, 2.45) is 7.05 Å². The first-order chi connectivity index (χ1) is 13.8. The van der Waals surface area contributed by atoms with Crippen LogP contribution in [0.5, 0.6) is 0 Å². The summed E-state index contributed by atoms with van der Waals surface area (Å²) in [6, 6.07) is 12.9. The summed E-state index contributed by atoms with van der Waals surface area (Å²) in [6.45, 7) is 6.95. The molecule has 8 heteroatoms. The number of urea groups is 1. The van der Waals surface area contributed by atoms with Crippen molar-refractivity contribution in [3.05, 3.63) is 64.7 Å². The maximum absolute atomic E-state index is 12.3. The van der Waals surface area contributed by atoms with Gasteiger partial charge >= 0.3 is 11.7 Å². The van der Waals surface area contributed by atoms with Crippen molar-refractivity contribution in [2.75, 3.05) is 11.9 Å². The van der Waals surface area contributed by atoms with Crippen molar-refractivity contribution in [1.29, 1.82) is 0 Å². The van der Waals surface area contributed by atoms with Crippen LogP contribution < -0.4 is 16.3 Å². The summed E-state index contributed by atoms with van der Waals surface area (Å²) < 4.78 is 2.77. The standard InChI is InChI=1S/C21H26N6O2/c1-21(2,3)15-8-10-16(11-9-15)24-19(28)23-13-14-27-20(29)26(4)18(25-27)17-7-5-6-12-22-17/h5-12H,13-14H2,1-4H3,(H2,23,24,28). The van der Waals surface area contributed by atoms with E-state index in [0.29, 0.717) is 17.2 Å². The highest BCUT2D eigenvalue weighted by molar-refractivity contribution is 5.89. The fourth-order valence-electron chi connectivity index (χ4n) is 2.86. The van der Waals surface area contributed by atoms with Crippen LogP contribution in [-0.2, 0) is 19.0 Å². The number of hydrogen-bond acceptors (Lipinski definition) is 4. The third-order valence-corrected chi connectivity index (χ3v) is 4.55. The Balaban J connectivity index is 1.56. The number of anilines is 1. The van der Waals surface area contributed by atoms with Crippen molar-refractivity contribution in [1.82, 2.24) is 24.6 Å². The lowest BCUT2D eigenvalue weighted by atomic mass is 9.87. The predicted octanol–water partition coefficient (Wildman–Crippen LogP) is 2.76. The van der Waals surface area contributed by atoms with E-state index in [9.17, 15) is 9.59 Å². The third-order valence-electron chi connectivity index (χ3n) is 4.55. The van der Waals surface area contributed by atoms with E-state index >= 15 is 0 Å². The Morgan fingerprint density at radius 2 is 1.83 bits per heavy atom. The van der Waals surface area contributed by atoms with E-state index in [1.54, 1.807) is 25.4 Å². The van der Waals surface area contributed by atoms with Gasteiger partial charge in [-0.2, -0.15) is 0 Å². The van der Waals surface area contributed by atoms with Gasteiger partial charge in [-0.25, -0.2) is 14.3 Å². The molecule has 0 atom stereocenters.